The third kappa shape index (κ3) is 7.40. The van der Waals surface area contributed by atoms with Crippen LogP contribution in [0.25, 0.3) is 0 Å². The van der Waals surface area contributed by atoms with Crippen molar-refractivity contribution in [3.8, 4) is 0 Å². The zero-order valence-electron chi connectivity index (χ0n) is 19.9. The summed E-state index contributed by atoms with van der Waals surface area (Å²) in [5.74, 6) is 1.57. The molecule has 31 heavy (non-hydrogen) atoms. The Morgan fingerprint density at radius 2 is 1.97 bits per heavy atom. The number of aromatic nitrogens is 1. The maximum absolute atomic E-state index is 12.9. The van der Waals surface area contributed by atoms with Crippen LogP contribution in [-0.2, 0) is 11.3 Å². The first-order valence-corrected chi connectivity index (χ1v) is 11.7. The van der Waals surface area contributed by atoms with E-state index in [-0.39, 0.29) is 12.1 Å². The number of pyridine rings is 1. The molecule has 0 unspecified atom stereocenters. The number of likely N-dealkylation sites (tertiary alicyclic amines) is 1. The molecule has 1 aliphatic heterocycles. The van der Waals surface area contributed by atoms with Gasteiger partial charge in [0.2, 0.25) is 0 Å². The molecule has 0 atom stereocenters. The van der Waals surface area contributed by atoms with Crippen LogP contribution in [0, 0.1) is 12.8 Å². The van der Waals surface area contributed by atoms with Crippen molar-refractivity contribution in [1.82, 2.24) is 20.1 Å². The van der Waals surface area contributed by atoms with E-state index in [9.17, 15) is 4.79 Å². The Balaban J connectivity index is 1.61. The van der Waals surface area contributed by atoms with Gasteiger partial charge in [0.05, 0.1) is 12.2 Å². The first-order valence-electron chi connectivity index (χ1n) is 11.7. The van der Waals surface area contributed by atoms with Crippen LogP contribution in [-0.4, -0.2) is 64.7 Å². The lowest BCUT2D eigenvalue weighted by atomic mass is 10.0. The van der Waals surface area contributed by atoms with Crippen molar-refractivity contribution in [2.24, 2.45) is 10.9 Å². The second-order valence-corrected chi connectivity index (χ2v) is 9.73. The standard InChI is InChI=1S/C24H39N5O2/c1-6-25-22(26-16-20-9-7-8-18(2)27-20)28-14-12-21(13-15-28)29(17-19-10-11-19)23(30)31-24(3,4)5/h7-9,19,21H,6,10-17H2,1-5H3,(H,25,26). The molecule has 2 fully saturated rings. The SMILES string of the molecule is CCNC(=NCc1cccc(C)n1)N1CCC(N(CC2CC2)C(=O)OC(C)(C)C)CC1. The largest absolute Gasteiger partial charge is 0.444 e. The quantitative estimate of drug-likeness (QED) is 0.547. The summed E-state index contributed by atoms with van der Waals surface area (Å²) in [4.78, 5) is 26.6. The molecule has 1 aliphatic carbocycles. The zero-order valence-corrected chi connectivity index (χ0v) is 19.9. The summed E-state index contributed by atoms with van der Waals surface area (Å²) in [6.45, 7) is 13.9. The van der Waals surface area contributed by atoms with Gasteiger partial charge in [-0.15, -0.1) is 0 Å². The minimum Gasteiger partial charge on any atom is -0.444 e. The van der Waals surface area contributed by atoms with E-state index in [0.29, 0.717) is 12.5 Å². The molecule has 7 nitrogen and oxygen atoms in total. The number of guanidine groups is 1. The number of hydrogen-bond acceptors (Lipinski definition) is 4. The van der Waals surface area contributed by atoms with E-state index < -0.39 is 5.60 Å². The fourth-order valence-electron chi connectivity index (χ4n) is 3.93. The number of aliphatic imine (C=N–C) groups is 1. The van der Waals surface area contributed by atoms with Crippen LogP contribution in [0.15, 0.2) is 23.2 Å². The number of amides is 1. The number of carbonyl (C=O) groups is 1. The normalized spacial score (nSPS) is 18.1. The molecule has 1 aromatic rings. The van der Waals surface area contributed by atoms with Gasteiger partial charge in [-0.3, -0.25) is 4.98 Å². The average molecular weight is 430 g/mol. The number of rotatable bonds is 6. The van der Waals surface area contributed by atoms with Crippen molar-refractivity contribution in [3.05, 3.63) is 29.6 Å². The highest BCUT2D eigenvalue weighted by atomic mass is 16.6. The fraction of sp³-hybridized carbons (Fsp3) is 0.708. The Morgan fingerprint density at radius 3 is 2.55 bits per heavy atom. The van der Waals surface area contributed by atoms with Gasteiger partial charge in [-0.05, 0) is 78.4 Å². The van der Waals surface area contributed by atoms with Crippen molar-refractivity contribution in [1.29, 1.82) is 0 Å². The predicted octanol–water partition coefficient (Wildman–Crippen LogP) is 3.97. The fourth-order valence-corrected chi connectivity index (χ4v) is 3.93. The summed E-state index contributed by atoms with van der Waals surface area (Å²) in [7, 11) is 0. The summed E-state index contributed by atoms with van der Waals surface area (Å²) >= 11 is 0. The molecule has 1 amide bonds. The third-order valence-corrected chi connectivity index (χ3v) is 5.66. The highest BCUT2D eigenvalue weighted by molar-refractivity contribution is 5.80. The summed E-state index contributed by atoms with van der Waals surface area (Å²) in [5.41, 5.74) is 1.52. The summed E-state index contributed by atoms with van der Waals surface area (Å²) in [6, 6.07) is 6.27. The Morgan fingerprint density at radius 1 is 1.26 bits per heavy atom. The molecule has 2 heterocycles. The molecule has 7 heteroatoms. The molecule has 0 bridgehead atoms. The van der Waals surface area contributed by atoms with Gasteiger partial charge in [-0.1, -0.05) is 6.07 Å². The van der Waals surface area contributed by atoms with Crippen LogP contribution in [0.2, 0.25) is 0 Å². The molecule has 1 aromatic heterocycles. The highest BCUT2D eigenvalue weighted by Gasteiger charge is 2.35. The van der Waals surface area contributed by atoms with Crippen LogP contribution < -0.4 is 5.32 Å². The van der Waals surface area contributed by atoms with Crippen molar-refractivity contribution < 1.29 is 9.53 Å². The Labute approximate surface area is 187 Å². The number of aryl methyl sites for hydroxylation is 1. The Bertz CT molecular complexity index is 761. The van der Waals surface area contributed by atoms with Crippen molar-refractivity contribution in [2.75, 3.05) is 26.2 Å². The maximum Gasteiger partial charge on any atom is 0.410 e. The minimum atomic E-state index is -0.464. The highest BCUT2D eigenvalue weighted by Crippen LogP contribution is 2.32. The molecular weight excluding hydrogens is 390 g/mol. The lowest BCUT2D eigenvalue weighted by molar-refractivity contribution is 0.00928. The van der Waals surface area contributed by atoms with Gasteiger partial charge in [0.15, 0.2) is 5.96 Å². The molecule has 1 N–H and O–H groups in total. The van der Waals surface area contributed by atoms with Crippen LogP contribution in [0.4, 0.5) is 4.79 Å². The van der Waals surface area contributed by atoms with E-state index in [4.69, 9.17) is 9.73 Å². The number of piperidine rings is 1. The van der Waals surface area contributed by atoms with Crippen molar-refractivity contribution in [3.63, 3.8) is 0 Å². The molecule has 1 saturated carbocycles. The average Bonchev–Trinajstić information content (AvgIpc) is 3.52. The molecule has 3 rings (SSSR count). The van der Waals surface area contributed by atoms with E-state index in [0.717, 1.165) is 56.4 Å². The second kappa shape index (κ2) is 10.3. The molecule has 1 saturated heterocycles. The lowest BCUT2D eigenvalue weighted by Gasteiger charge is -2.40. The lowest BCUT2D eigenvalue weighted by Crippen LogP contribution is -2.52. The predicted molar refractivity (Wildman–Crippen MR) is 124 cm³/mol. The first-order chi connectivity index (χ1) is 14.7. The Kier molecular flexibility index (Phi) is 7.79. The molecule has 0 spiro atoms. The van der Waals surface area contributed by atoms with Gasteiger partial charge in [0.1, 0.15) is 5.60 Å². The third-order valence-electron chi connectivity index (χ3n) is 5.66. The molecule has 0 aromatic carbocycles. The van der Waals surface area contributed by atoms with Crippen LogP contribution >= 0.6 is 0 Å². The van der Waals surface area contributed by atoms with Crippen molar-refractivity contribution in [2.45, 2.75) is 78.5 Å². The number of carbonyl (C=O) groups excluding carboxylic acids is 1. The summed E-state index contributed by atoms with van der Waals surface area (Å²) in [5, 5.41) is 3.42. The van der Waals surface area contributed by atoms with Crippen LogP contribution in [0.1, 0.15) is 64.8 Å². The molecule has 2 aliphatic rings. The smallest absolute Gasteiger partial charge is 0.410 e. The minimum absolute atomic E-state index is 0.163. The molecule has 172 valence electrons. The van der Waals surface area contributed by atoms with Crippen LogP contribution in [0.5, 0.6) is 0 Å². The number of hydrogen-bond donors (Lipinski definition) is 1. The number of ether oxygens (including phenoxy) is 1. The topological polar surface area (TPSA) is 70.1 Å². The monoisotopic (exact) mass is 429 g/mol. The van der Waals surface area contributed by atoms with Gasteiger partial charge in [0.25, 0.3) is 0 Å². The molecule has 0 radical (unpaired) electrons. The van der Waals surface area contributed by atoms with Crippen molar-refractivity contribution >= 4 is 12.1 Å². The van der Waals surface area contributed by atoms with Gasteiger partial charge < -0.3 is 19.9 Å². The zero-order chi connectivity index (χ0) is 22.4. The van der Waals surface area contributed by atoms with E-state index in [1.54, 1.807) is 0 Å². The maximum atomic E-state index is 12.9. The second-order valence-electron chi connectivity index (χ2n) is 9.73. The number of nitrogens with one attached hydrogen (secondary N) is 1. The van der Waals surface area contributed by atoms with Gasteiger partial charge in [-0.25, -0.2) is 9.79 Å². The van der Waals surface area contributed by atoms with E-state index in [2.05, 4.69) is 22.1 Å². The summed E-state index contributed by atoms with van der Waals surface area (Å²) in [6.07, 6.45) is 4.15. The van der Waals surface area contributed by atoms with Crippen LogP contribution in [0.3, 0.4) is 0 Å². The van der Waals surface area contributed by atoms with Gasteiger partial charge >= 0.3 is 6.09 Å². The van der Waals surface area contributed by atoms with E-state index in [1.807, 2.05) is 50.8 Å². The van der Waals surface area contributed by atoms with Gasteiger partial charge in [-0.2, -0.15) is 0 Å². The van der Waals surface area contributed by atoms with E-state index in [1.165, 1.54) is 12.8 Å². The summed E-state index contributed by atoms with van der Waals surface area (Å²) < 4.78 is 5.72. The Hall–Kier alpha value is -2.31. The van der Waals surface area contributed by atoms with Gasteiger partial charge in [0, 0.05) is 37.9 Å². The van der Waals surface area contributed by atoms with E-state index >= 15 is 0 Å². The first kappa shape index (κ1) is 23.4. The molecular formula is C24H39N5O2. The number of nitrogens with zero attached hydrogens (tertiary/aromatic N) is 4.